The number of rotatable bonds is 7. The first-order valence-corrected chi connectivity index (χ1v) is 15.2. The average molecular weight is 631 g/mol. The van der Waals surface area contributed by atoms with Gasteiger partial charge in [-0.1, -0.05) is 166 Å². The molecule has 0 saturated heterocycles. The minimum atomic E-state index is 0. The maximum Gasteiger partial charge on any atom is 0.0751 e. The van der Waals surface area contributed by atoms with Gasteiger partial charge >= 0.3 is 0 Å². The fourth-order valence-corrected chi connectivity index (χ4v) is 6.30. The van der Waals surface area contributed by atoms with Gasteiger partial charge in [0.05, 0.1) is 7.11 Å². The average Bonchev–Trinajstić information content (AvgIpc) is 3.08. The molecule has 0 fully saturated rings. The van der Waals surface area contributed by atoms with Crippen molar-refractivity contribution in [1.82, 2.24) is 0 Å². The SMILES string of the molecule is C=C/C=C(\C=C)c1c(-c2ccccc2)c(-c2ccccc2)c2c(C)c3c(OC)cc(C)[c-]c3cc2c1-c1ccccc1.CC.[Co]. The van der Waals surface area contributed by atoms with Crippen LogP contribution in [0.1, 0.15) is 30.5 Å². The molecule has 0 atom stereocenters. The summed E-state index contributed by atoms with van der Waals surface area (Å²) >= 11 is 0. The van der Waals surface area contributed by atoms with Gasteiger partial charge in [0.2, 0.25) is 0 Å². The van der Waals surface area contributed by atoms with Gasteiger partial charge < -0.3 is 4.74 Å². The van der Waals surface area contributed by atoms with E-state index < -0.39 is 0 Å². The summed E-state index contributed by atoms with van der Waals surface area (Å²) in [6, 6.07) is 40.1. The van der Waals surface area contributed by atoms with Crippen molar-refractivity contribution in [2.75, 3.05) is 7.11 Å². The molecule has 6 aromatic rings. The van der Waals surface area contributed by atoms with E-state index in [1.165, 1.54) is 27.5 Å². The molecule has 0 unspecified atom stereocenters. The van der Waals surface area contributed by atoms with E-state index in [9.17, 15) is 0 Å². The molecule has 6 rings (SSSR count). The number of allylic oxidation sites excluding steroid dienone is 4. The van der Waals surface area contributed by atoms with Gasteiger partial charge in [0.1, 0.15) is 0 Å². The minimum Gasteiger partial charge on any atom is -0.515 e. The second-order valence-corrected chi connectivity index (χ2v) is 10.5. The molecule has 0 saturated carbocycles. The van der Waals surface area contributed by atoms with Crippen LogP contribution in [0.25, 0.3) is 60.5 Å². The van der Waals surface area contributed by atoms with Crippen molar-refractivity contribution in [3.05, 3.63) is 157 Å². The third kappa shape index (κ3) is 6.17. The van der Waals surface area contributed by atoms with E-state index in [0.29, 0.717) is 0 Å². The Hall–Kier alpha value is -4.63. The summed E-state index contributed by atoms with van der Waals surface area (Å²) in [6.07, 6.45) is 5.86. The monoisotopic (exact) mass is 630 g/mol. The van der Waals surface area contributed by atoms with Crippen molar-refractivity contribution in [2.24, 2.45) is 0 Å². The summed E-state index contributed by atoms with van der Waals surface area (Å²) < 4.78 is 5.97. The molecule has 0 aliphatic rings. The molecule has 0 N–H and O–H groups in total. The number of benzene rings is 6. The topological polar surface area (TPSA) is 9.23 Å². The van der Waals surface area contributed by atoms with Crippen LogP contribution in [0.3, 0.4) is 0 Å². The second-order valence-electron chi connectivity index (χ2n) is 10.5. The standard InChI is InChI=1S/C41H33O.C2H6.Co/c1-6-17-29(7-2)39-38(30-18-11-8-12-19-30)34-26-33-24-27(3)25-35(42-5)36(33)28(4)37(34)40(31-20-13-9-14-21-31)41(39)32-22-15-10-16-23-32;1-2;/h6-23,25-26H,1-2H2,3-5H3;1-2H3;/q-1;;/b29-17+;;. The summed E-state index contributed by atoms with van der Waals surface area (Å²) in [5.74, 6) is 0.865. The number of fused-ring (bicyclic) bond motifs is 2. The minimum absolute atomic E-state index is 0. The molecule has 1 radical (unpaired) electrons. The molecule has 1 nitrogen and oxygen atoms in total. The van der Waals surface area contributed by atoms with Crippen LogP contribution < -0.4 is 4.74 Å². The summed E-state index contributed by atoms with van der Waals surface area (Å²) in [7, 11) is 1.75. The van der Waals surface area contributed by atoms with E-state index in [-0.39, 0.29) is 16.8 Å². The molecule has 0 aliphatic heterocycles. The molecule has 6 aromatic carbocycles. The van der Waals surface area contributed by atoms with E-state index in [0.717, 1.165) is 55.5 Å². The Morgan fingerprint density at radius 1 is 0.689 bits per heavy atom. The molecule has 0 bridgehead atoms. The molecule has 0 aliphatic carbocycles. The van der Waals surface area contributed by atoms with Gasteiger partial charge in [-0.15, -0.1) is 23.1 Å². The van der Waals surface area contributed by atoms with Crippen LogP contribution in [-0.4, -0.2) is 7.11 Å². The molecule has 0 heterocycles. The molecular weight excluding hydrogens is 591 g/mol. The largest absolute Gasteiger partial charge is 0.515 e. The molecule has 227 valence electrons. The smallest absolute Gasteiger partial charge is 0.0751 e. The fourth-order valence-electron chi connectivity index (χ4n) is 6.30. The van der Waals surface area contributed by atoms with Gasteiger partial charge in [-0.2, -0.15) is 0 Å². The molecular formula is C43H39CoO-. The number of aryl methyl sites for hydroxylation is 2. The number of methoxy groups -OCH3 is 1. The molecule has 0 spiro atoms. The predicted molar refractivity (Wildman–Crippen MR) is 192 cm³/mol. The summed E-state index contributed by atoms with van der Waals surface area (Å²) in [5, 5.41) is 4.50. The quantitative estimate of drug-likeness (QED) is 0.0969. The van der Waals surface area contributed by atoms with Crippen molar-refractivity contribution in [3.63, 3.8) is 0 Å². The van der Waals surface area contributed by atoms with Gasteiger partial charge in [-0.05, 0) is 56.8 Å². The van der Waals surface area contributed by atoms with E-state index in [4.69, 9.17) is 4.74 Å². The van der Waals surface area contributed by atoms with Gasteiger partial charge in [0.15, 0.2) is 0 Å². The summed E-state index contributed by atoms with van der Waals surface area (Å²) in [6.45, 7) is 16.6. The van der Waals surface area contributed by atoms with Crippen LogP contribution in [0.5, 0.6) is 5.75 Å². The Kier molecular flexibility index (Phi) is 11.0. The molecule has 2 heteroatoms. The zero-order valence-corrected chi connectivity index (χ0v) is 27.7. The van der Waals surface area contributed by atoms with E-state index in [2.05, 4.69) is 142 Å². The van der Waals surface area contributed by atoms with Gasteiger partial charge in [-0.3, -0.25) is 0 Å². The summed E-state index contributed by atoms with van der Waals surface area (Å²) in [4.78, 5) is 0. The molecule has 45 heavy (non-hydrogen) atoms. The number of hydrogen-bond acceptors (Lipinski definition) is 1. The van der Waals surface area contributed by atoms with Gasteiger partial charge in [0.25, 0.3) is 0 Å². The molecule has 0 aromatic heterocycles. The van der Waals surface area contributed by atoms with Crippen LogP contribution in [0.4, 0.5) is 0 Å². The number of ether oxygens (including phenoxy) is 1. The summed E-state index contributed by atoms with van der Waals surface area (Å²) in [5.41, 5.74) is 11.3. The van der Waals surface area contributed by atoms with Crippen molar-refractivity contribution < 1.29 is 21.5 Å². The molecule has 0 amide bonds. The van der Waals surface area contributed by atoms with Gasteiger partial charge in [-0.25, -0.2) is 0 Å². The third-order valence-electron chi connectivity index (χ3n) is 7.99. The van der Waals surface area contributed by atoms with E-state index in [1.807, 2.05) is 26.0 Å². The van der Waals surface area contributed by atoms with Crippen LogP contribution in [0, 0.1) is 19.9 Å². The van der Waals surface area contributed by atoms with E-state index in [1.54, 1.807) is 7.11 Å². The maximum atomic E-state index is 5.97. The first-order valence-electron chi connectivity index (χ1n) is 15.2. The first kappa shape index (κ1) is 33.3. The predicted octanol–water partition coefficient (Wildman–Crippen LogP) is 12.2. The van der Waals surface area contributed by atoms with Crippen LogP contribution in [0.2, 0.25) is 0 Å². The number of hydrogen-bond donors (Lipinski definition) is 0. The van der Waals surface area contributed by atoms with Crippen LogP contribution in [0.15, 0.2) is 135 Å². The normalized spacial score (nSPS) is 10.9. The Morgan fingerprint density at radius 3 is 1.69 bits per heavy atom. The van der Waals surface area contributed by atoms with Crippen molar-refractivity contribution in [2.45, 2.75) is 27.7 Å². The Balaban J connectivity index is 0.00000151. The Morgan fingerprint density at radius 2 is 1.20 bits per heavy atom. The third-order valence-corrected chi connectivity index (χ3v) is 7.99. The van der Waals surface area contributed by atoms with Gasteiger partial charge in [0, 0.05) is 22.5 Å². The maximum absolute atomic E-state index is 5.97. The fraction of sp³-hybridized carbons (Fsp3) is 0.116. The Labute approximate surface area is 278 Å². The Bertz CT molecular complexity index is 1990. The van der Waals surface area contributed by atoms with Crippen LogP contribution in [-0.2, 0) is 16.8 Å². The van der Waals surface area contributed by atoms with Crippen molar-refractivity contribution in [3.8, 4) is 39.1 Å². The van der Waals surface area contributed by atoms with E-state index >= 15 is 0 Å². The zero-order valence-electron chi connectivity index (χ0n) is 26.7. The first-order chi connectivity index (χ1) is 21.6. The van der Waals surface area contributed by atoms with Crippen molar-refractivity contribution in [1.29, 1.82) is 0 Å². The zero-order chi connectivity index (χ0) is 31.2. The van der Waals surface area contributed by atoms with Crippen LogP contribution >= 0.6 is 0 Å². The second kappa shape index (κ2) is 14.9. The van der Waals surface area contributed by atoms with Crippen molar-refractivity contribution >= 4 is 27.1 Å².